The minimum atomic E-state index is -0.609. The Morgan fingerprint density at radius 1 is 1.38 bits per heavy atom. The minimum Gasteiger partial charge on any atom is -0.469 e. The van der Waals surface area contributed by atoms with Crippen LogP contribution < -0.4 is 10.5 Å². The maximum Gasteiger partial charge on any atom is 0.372 e. The number of nitrogen functional groups attached to an aromatic ring is 1. The van der Waals surface area contributed by atoms with Crippen molar-refractivity contribution in [3.05, 3.63) is 46.5 Å². The Labute approximate surface area is 138 Å². The molecule has 0 radical (unpaired) electrons. The number of nitrogens with zero attached hydrogens (tertiary/aromatic N) is 5. The second-order valence-corrected chi connectivity index (χ2v) is 5.62. The molecule has 0 aromatic carbocycles. The van der Waals surface area contributed by atoms with E-state index < -0.39 is 4.92 Å². The summed E-state index contributed by atoms with van der Waals surface area (Å²) < 4.78 is 5.72. The van der Waals surface area contributed by atoms with Crippen LogP contribution in [0.25, 0.3) is 0 Å². The van der Waals surface area contributed by atoms with Crippen molar-refractivity contribution < 1.29 is 9.66 Å². The number of aromatic nitrogens is 3. The van der Waals surface area contributed by atoms with Gasteiger partial charge in [-0.2, -0.15) is 4.98 Å². The second kappa shape index (κ2) is 7.18. The maximum atomic E-state index is 11.1. The highest BCUT2D eigenvalue weighted by molar-refractivity contribution is 5.57. The summed E-state index contributed by atoms with van der Waals surface area (Å²) in [4.78, 5) is 24.4. The van der Waals surface area contributed by atoms with E-state index in [0.29, 0.717) is 0 Å². The van der Waals surface area contributed by atoms with Gasteiger partial charge < -0.3 is 10.5 Å². The van der Waals surface area contributed by atoms with Crippen molar-refractivity contribution in [3.63, 3.8) is 0 Å². The van der Waals surface area contributed by atoms with E-state index in [1.54, 1.807) is 6.20 Å². The van der Waals surface area contributed by atoms with Gasteiger partial charge in [-0.15, -0.1) is 0 Å². The van der Waals surface area contributed by atoms with E-state index in [1.807, 2.05) is 18.3 Å². The summed E-state index contributed by atoms with van der Waals surface area (Å²) in [7, 11) is 0. The van der Waals surface area contributed by atoms with Crippen LogP contribution in [0.5, 0.6) is 5.88 Å². The number of nitrogens with two attached hydrogens (primary N) is 1. The van der Waals surface area contributed by atoms with Gasteiger partial charge in [-0.1, -0.05) is 6.07 Å². The van der Waals surface area contributed by atoms with Crippen LogP contribution in [0.4, 0.5) is 11.5 Å². The lowest BCUT2D eigenvalue weighted by atomic mass is 10.1. The Morgan fingerprint density at radius 2 is 2.17 bits per heavy atom. The summed E-state index contributed by atoms with van der Waals surface area (Å²) >= 11 is 0. The SMILES string of the molecule is Nc1ncnc(OC2CCN(Cc3cccnc3)CC2)c1[N+](=O)[O-]. The first-order valence-electron chi connectivity index (χ1n) is 7.66. The molecule has 24 heavy (non-hydrogen) atoms. The normalized spacial score (nSPS) is 16.0. The first kappa shape index (κ1) is 16.1. The molecule has 2 aromatic heterocycles. The van der Waals surface area contributed by atoms with E-state index in [0.717, 1.165) is 38.0 Å². The fourth-order valence-electron chi connectivity index (χ4n) is 2.73. The van der Waals surface area contributed by atoms with Crippen LogP contribution in [-0.4, -0.2) is 44.0 Å². The number of hydrogen-bond acceptors (Lipinski definition) is 8. The third-order valence-corrected chi connectivity index (χ3v) is 3.94. The topological polar surface area (TPSA) is 120 Å². The molecule has 0 amide bonds. The van der Waals surface area contributed by atoms with Crippen molar-refractivity contribution >= 4 is 11.5 Å². The van der Waals surface area contributed by atoms with Gasteiger partial charge in [-0.25, -0.2) is 4.98 Å². The van der Waals surface area contributed by atoms with Crippen molar-refractivity contribution in [2.45, 2.75) is 25.5 Å². The Morgan fingerprint density at radius 3 is 2.83 bits per heavy atom. The molecule has 0 atom stereocenters. The summed E-state index contributed by atoms with van der Waals surface area (Å²) in [5.41, 5.74) is 6.35. The number of likely N-dealkylation sites (tertiary alicyclic amines) is 1. The Kier molecular flexibility index (Phi) is 4.80. The van der Waals surface area contributed by atoms with Gasteiger partial charge in [0, 0.05) is 32.0 Å². The quantitative estimate of drug-likeness (QED) is 0.645. The van der Waals surface area contributed by atoms with Crippen LogP contribution in [-0.2, 0) is 6.54 Å². The molecule has 0 spiro atoms. The first-order chi connectivity index (χ1) is 11.6. The number of anilines is 1. The molecule has 1 aliphatic heterocycles. The zero-order valence-electron chi connectivity index (χ0n) is 13.0. The average molecular weight is 330 g/mol. The van der Waals surface area contributed by atoms with Gasteiger partial charge in [-0.05, 0) is 24.5 Å². The Hall–Kier alpha value is -2.81. The van der Waals surface area contributed by atoms with E-state index >= 15 is 0 Å². The Balaban J connectivity index is 1.58. The summed E-state index contributed by atoms with van der Waals surface area (Å²) in [5, 5.41) is 11.1. The molecule has 126 valence electrons. The van der Waals surface area contributed by atoms with Crippen LogP contribution in [0.15, 0.2) is 30.9 Å². The first-order valence-corrected chi connectivity index (χ1v) is 7.66. The molecule has 9 heteroatoms. The average Bonchev–Trinajstić information content (AvgIpc) is 2.57. The molecular formula is C15H18N6O3. The number of piperidine rings is 1. The van der Waals surface area contributed by atoms with E-state index in [-0.39, 0.29) is 23.5 Å². The van der Waals surface area contributed by atoms with Crippen LogP contribution in [0.3, 0.4) is 0 Å². The van der Waals surface area contributed by atoms with Gasteiger partial charge >= 0.3 is 5.69 Å². The lowest BCUT2D eigenvalue weighted by Crippen LogP contribution is -2.38. The van der Waals surface area contributed by atoms with E-state index in [1.165, 1.54) is 6.33 Å². The Bertz CT molecular complexity index is 704. The number of pyridine rings is 1. The van der Waals surface area contributed by atoms with Crippen LogP contribution in [0.2, 0.25) is 0 Å². The molecule has 1 aliphatic rings. The van der Waals surface area contributed by atoms with Crippen molar-refractivity contribution in [1.29, 1.82) is 0 Å². The van der Waals surface area contributed by atoms with Gasteiger partial charge in [0.1, 0.15) is 12.4 Å². The zero-order chi connectivity index (χ0) is 16.9. The molecule has 3 heterocycles. The molecule has 3 rings (SSSR count). The fourth-order valence-corrected chi connectivity index (χ4v) is 2.73. The predicted molar refractivity (Wildman–Crippen MR) is 86.3 cm³/mol. The second-order valence-electron chi connectivity index (χ2n) is 5.62. The molecule has 0 saturated carbocycles. The highest BCUT2D eigenvalue weighted by Gasteiger charge is 2.27. The lowest BCUT2D eigenvalue weighted by Gasteiger charge is -2.31. The summed E-state index contributed by atoms with van der Waals surface area (Å²) in [6, 6.07) is 3.96. The molecule has 9 nitrogen and oxygen atoms in total. The van der Waals surface area contributed by atoms with Crippen LogP contribution in [0, 0.1) is 10.1 Å². The van der Waals surface area contributed by atoms with Gasteiger partial charge in [0.25, 0.3) is 5.88 Å². The van der Waals surface area contributed by atoms with E-state index in [4.69, 9.17) is 10.5 Å². The summed E-state index contributed by atoms with van der Waals surface area (Å²) in [6.45, 7) is 2.52. The molecule has 1 fully saturated rings. The zero-order valence-corrected chi connectivity index (χ0v) is 13.0. The maximum absolute atomic E-state index is 11.1. The van der Waals surface area contributed by atoms with Crippen molar-refractivity contribution in [2.24, 2.45) is 0 Å². The van der Waals surface area contributed by atoms with Crippen molar-refractivity contribution in [3.8, 4) is 5.88 Å². The highest BCUT2D eigenvalue weighted by atomic mass is 16.6. The van der Waals surface area contributed by atoms with Crippen molar-refractivity contribution in [2.75, 3.05) is 18.8 Å². The molecule has 0 aliphatic carbocycles. The molecule has 0 unspecified atom stereocenters. The molecule has 0 bridgehead atoms. The molecule has 1 saturated heterocycles. The van der Waals surface area contributed by atoms with Crippen molar-refractivity contribution in [1.82, 2.24) is 19.9 Å². The number of ether oxygens (including phenoxy) is 1. The number of rotatable bonds is 5. The monoisotopic (exact) mass is 330 g/mol. The largest absolute Gasteiger partial charge is 0.469 e. The minimum absolute atomic E-state index is 0.0572. The summed E-state index contributed by atoms with van der Waals surface area (Å²) in [5.74, 6) is -0.239. The molecular weight excluding hydrogens is 312 g/mol. The molecule has 2 N–H and O–H groups in total. The lowest BCUT2D eigenvalue weighted by molar-refractivity contribution is -0.385. The smallest absolute Gasteiger partial charge is 0.372 e. The third kappa shape index (κ3) is 3.74. The third-order valence-electron chi connectivity index (χ3n) is 3.94. The van der Waals surface area contributed by atoms with Gasteiger partial charge in [-0.3, -0.25) is 20.0 Å². The summed E-state index contributed by atoms with van der Waals surface area (Å²) in [6.07, 6.45) is 6.19. The van der Waals surface area contributed by atoms with Crippen LogP contribution in [0.1, 0.15) is 18.4 Å². The van der Waals surface area contributed by atoms with Crippen LogP contribution >= 0.6 is 0 Å². The van der Waals surface area contributed by atoms with Gasteiger partial charge in [0.05, 0.1) is 4.92 Å². The van der Waals surface area contributed by atoms with E-state index in [9.17, 15) is 10.1 Å². The number of hydrogen-bond donors (Lipinski definition) is 1. The van der Waals surface area contributed by atoms with Gasteiger partial charge in [0.2, 0.25) is 5.82 Å². The fraction of sp³-hybridized carbons (Fsp3) is 0.400. The number of nitro groups is 1. The predicted octanol–water partition coefficient (Wildman–Crippen LogP) is 1.41. The van der Waals surface area contributed by atoms with Gasteiger partial charge in [0.15, 0.2) is 0 Å². The highest BCUT2D eigenvalue weighted by Crippen LogP contribution is 2.30. The molecule has 2 aromatic rings. The standard InChI is InChI=1S/C15H18N6O3/c16-14-13(21(22)23)15(19-10-18-14)24-12-3-6-20(7-4-12)9-11-2-1-5-17-8-11/h1-2,5,8,10,12H,3-4,6-7,9H2,(H2,16,18,19). The van der Waals surface area contributed by atoms with E-state index in [2.05, 4.69) is 19.9 Å².